The summed E-state index contributed by atoms with van der Waals surface area (Å²) in [6.45, 7) is 0.191. The maximum atomic E-state index is 12.3. The predicted molar refractivity (Wildman–Crippen MR) is 96.7 cm³/mol. The van der Waals surface area contributed by atoms with Gasteiger partial charge in [-0.25, -0.2) is 9.78 Å². The molecule has 1 amide bonds. The van der Waals surface area contributed by atoms with Gasteiger partial charge in [0.2, 0.25) is 5.91 Å². The molecule has 0 unspecified atom stereocenters. The van der Waals surface area contributed by atoms with E-state index in [0.29, 0.717) is 13.0 Å². The number of phenolic OH excluding ortho intramolecular Hbond substituents is 2. The highest BCUT2D eigenvalue weighted by Gasteiger charge is 2.15. The zero-order valence-corrected chi connectivity index (χ0v) is 14.8. The normalized spacial score (nSPS) is 11.0. The summed E-state index contributed by atoms with van der Waals surface area (Å²) in [5.41, 5.74) is 0.147. The molecule has 10 nitrogen and oxygen atoms in total. The van der Waals surface area contributed by atoms with Crippen molar-refractivity contribution in [3.8, 4) is 11.5 Å². The Hall–Kier alpha value is -3.56. The average molecular weight is 373 g/mol. The number of amides is 1. The third kappa shape index (κ3) is 3.41. The lowest BCUT2D eigenvalue weighted by atomic mass is 10.1. The van der Waals surface area contributed by atoms with E-state index in [2.05, 4.69) is 10.3 Å². The number of hydrogen-bond donors (Lipinski definition) is 3. The fraction of sp³-hybridized carbons (Fsp3) is 0.294. The second-order valence-corrected chi connectivity index (χ2v) is 6.17. The van der Waals surface area contributed by atoms with Crippen LogP contribution in [0.3, 0.4) is 0 Å². The highest BCUT2D eigenvalue weighted by Crippen LogP contribution is 2.24. The van der Waals surface area contributed by atoms with Gasteiger partial charge in [-0.2, -0.15) is 0 Å². The van der Waals surface area contributed by atoms with E-state index in [4.69, 9.17) is 0 Å². The van der Waals surface area contributed by atoms with E-state index in [0.717, 1.165) is 10.1 Å². The van der Waals surface area contributed by atoms with E-state index in [1.807, 2.05) is 0 Å². The molecule has 0 atom stereocenters. The molecule has 0 radical (unpaired) electrons. The van der Waals surface area contributed by atoms with Crippen LogP contribution >= 0.6 is 0 Å². The number of fused-ring (bicyclic) bond motifs is 1. The molecule has 142 valence electrons. The van der Waals surface area contributed by atoms with Crippen LogP contribution in [0.25, 0.3) is 11.2 Å². The molecule has 3 N–H and O–H groups in total. The first-order valence-corrected chi connectivity index (χ1v) is 8.18. The van der Waals surface area contributed by atoms with Gasteiger partial charge in [0, 0.05) is 20.6 Å². The van der Waals surface area contributed by atoms with Crippen molar-refractivity contribution < 1.29 is 15.0 Å². The highest BCUT2D eigenvalue weighted by molar-refractivity contribution is 5.78. The number of phenols is 2. The third-order valence-electron chi connectivity index (χ3n) is 4.31. The van der Waals surface area contributed by atoms with Gasteiger partial charge in [-0.1, -0.05) is 6.07 Å². The molecule has 0 saturated carbocycles. The molecule has 0 saturated heterocycles. The van der Waals surface area contributed by atoms with E-state index < -0.39 is 11.2 Å². The minimum absolute atomic E-state index is 0.120. The number of carbonyl (C=O) groups is 1. The Morgan fingerprint density at radius 3 is 2.59 bits per heavy atom. The molecule has 2 heterocycles. The summed E-state index contributed by atoms with van der Waals surface area (Å²) in [7, 11) is 2.88. The molecule has 0 aliphatic rings. The standard InChI is InChI=1S/C17H19N5O5/c1-20-15-14(16(26)21(2)17(20)27)22(9-19-15)8-13(25)18-6-5-10-3-4-11(23)12(24)7-10/h3-4,7,9,23-24H,5-6,8H2,1-2H3,(H,18,25). The number of hydrogen-bond acceptors (Lipinski definition) is 6. The van der Waals surface area contributed by atoms with Gasteiger partial charge in [-0.15, -0.1) is 0 Å². The van der Waals surface area contributed by atoms with Crippen LogP contribution in [-0.2, 0) is 31.9 Å². The Morgan fingerprint density at radius 2 is 1.89 bits per heavy atom. The van der Waals surface area contributed by atoms with Crippen LogP contribution in [0.15, 0.2) is 34.1 Å². The Kier molecular flexibility index (Phi) is 4.72. The molecular weight excluding hydrogens is 354 g/mol. The smallest absolute Gasteiger partial charge is 0.332 e. The van der Waals surface area contributed by atoms with Crippen molar-refractivity contribution in [1.29, 1.82) is 0 Å². The lowest BCUT2D eigenvalue weighted by Crippen LogP contribution is -2.38. The quantitative estimate of drug-likeness (QED) is 0.502. The van der Waals surface area contributed by atoms with Crippen molar-refractivity contribution in [2.45, 2.75) is 13.0 Å². The number of aryl methyl sites for hydroxylation is 1. The van der Waals surface area contributed by atoms with E-state index in [1.165, 1.54) is 41.7 Å². The Morgan fingerprint density at radius 1 is 1.15 bits per heavy atom. The van der Waals surface area contributed by atoms with Gasteiger partial charge in [0.05, 0.1) is 6.33 Å². The average Bonchev–Trinajstić information content (AvgIpc) is 3.04. The van der Waals surface area contributed by atoms with Crippen molar-refractivity contribution >= 4 is 17.1 Å². The molecule has 0 aliphatic heterocycles. The van der Waals surface area contributed by atoms with Crippen LogP contribution < -0.4 is 16.6 Å². The lowest BCUT2D eigenvalue weighted by Gasteiger charge is -2.08. The monoisotopic (exact) mass is 373 g/mol. The minimum Gasteiger partial charge on any atom is -0.504 e. The Bertz CT molecular complexity index is 1140. The maximum Gasteiger partial charge on any atom is 0.332 e. The molecule has 2 aromatic heterocycles. The van der Waals surface area contributed by atoms with Crippen molar-refractivity contribution in [3.05, 3.63) is 50.9 Å². The van der Waals surface area contributed by atoms with E-state index in [1.54, 1.807) is 6.07 Å². The van der Waals surface area contributed by atoms with Crippen molar-refractivity contribution in [3.63, 3.8) is 0 Å². The second-order valence-electron chi connectivity index (χ2n) is 6.17. The van der Waals surface area contributed by atoms with Crippen LogP contribution in [0.2, 0.25) is 0 Å². The molecule has 3 aromatic rings. The lowest BCUT2D eigenvalue weighted by molar-refractivity contribution is -0.121. The molecule has 27 heavy (non-hydrogen) atoms. The molecule has 0 spiro atoms. The number of carbonyl (C=O) groups excluding carboxylic acids is 1. The molecule has 1 aromatic carbocycles. The largest absolute Gasteiger partial charge is 0.504 e. The number of aromatic hydroxyl groups is 2. The number of nitrogens with one attached hydrogen (secondary N) is 1. The van der Waals surface area contributed by atoms with Crippen molar-refractivity contribution in [2.24, 2.45) is 14.1 Å². The number of aromatic nitrogens is 4. The fourth-order valence-corrected chi connectivity index (χ4v) is 2.80. The van der Waals surface area contributed by atoms with Crippen LogP contribution in [0.5, 0.6) is 11.5 Å². The van der Waals surface area contributed by atoms with Crippen molar-refractivity contribution in [1.82, 2.24) is 24.0 Å². The Labute approximate surface area is 152 Å². The number of benzene rings is 1. The topological polar surface area (TPSA) is 131 Å². The summed E-state index contributed by atoms with van der Waals surface area (Å²) in [5.74, 6) is -0.746. The molecular formula is C17H19N5O5. The first kappa shape index (κ1) is 18.2. The van der Waals surface area contributed by atoms with Crippen LogP contribution in [0, 0.1) is 0 Å². The van der Waals surface area contributed by atoms with Crippen LogP contribution in [-0.4, -0.2) is 41.4 Å². The van der Waals surface area contributed by atoms with Gasteiger partial charge in [0.25, 0.3) is 5.56 Å². The molecule has 0 bridgehead atoms. The van der Waals surface area contributed by atoms with Crippen molar-refractivity contribution in [2.75, 3.05) is 6.54 Å². The zero-order chi connectivity index (χ0) is 19.7. The van der Waals surface area contributed by atoms with Gasteiger partial charge in [-0.3, -0.25) is 18.7 Å². The highest BCUT2D eigenvalue weighted by atomic mass is 16.3. The minimum atomic E-state index is -0.516. The molecule has 10 heteroatoms. The summed E-state index contributed by atoms with van der Waals surface area (Å²) < 4.78 is 3.62. The predicted octanol–water partition coefficient (Wildman–Crippen LogP) is -0.796. The third-order valence-corrected chi connectivity index (χ3v) is 4.31. The summed E-state index contributed by atoms with van der Waals surface area (Å²) in [6.07, 6.45) is 1.81. The SMILES string of the molecule is Cn1c(=O)c2c(ncn2CC(=O)NCCc2ccc(O)c(O)c2)n(C)c1=O. The van der Waals surface area contributed by atoms with Gasteiger partial charge < -0.3 is 20.1 Å². The molecule has 0 fully saturated rings. The summed E-state index contributed by atoms with van der Waals surface area (Å²) in [6, 6.07) is 4.45. The zero-order valence-electron chi connectivity index (χ0n) is 14.8. The second kappa shape index (κ2) is 6.98. The fourth-order valence-electron chi connectivity index (χ4n) is 2.80. The Balaban J connectivity index is 1.70. The maximum absolute atomic E-state index is 12.3. The van der Waals surface area contributed by atoms with E-state index in [9.17, 15) is 24.6 Å². The van der Waals surface area contributed by atoms with Gasteiger partial charge in [-0.05, 0) is 24.1 Å². The molecule has 0 aliphatic carbocycles. The summed E-state index contributed by atoms with van der Waals surface area (Å²) in [4.78, 5) is 40.5. The number of rotatable bonds is 5. The van der Waals surface area contributed by atoms with E-state index in [-0.39, 0.29) is 35.1 Å². The van der Waals surface area contributed by atoms with Gasteiger partial charge in [0.1, 0.15) is 6.54 Å². The van der Waals surface area contributed by atoms with Gasteiger partial charge >= 0.3 is 5.69 Å². The van der Waals surface area contributed by atoms with Crippen LogP contribution in [0.4, 0.5) is 0 Å². The first-order chi connectivity index (χ1) is 12.8. The number of imidazole rings is 1. The van der Waals surface area contributed by atoms with E-state index >= 15 is 0 Å². The summed E-state index contributed by atoms with van der Waals surface area (Å²) in [5, 5.41) is 21.5. The number of nitrogens with zero attached hydrogens (tertiary/aromatic N) is 4. The summed E-state index contributed by atoms with van der Waals surface area (Å²) >= 11 is 0. The first-order valence-electron chi connectivity index (χ1n) is 8.18. The van der Waals surface area contributed by atoms with Crippen LogP contribution in [0.1, 0.15) is 5.56 Å². The van der Waals surface area contributed by atoms with Gasteiger partial charge in [0.15, 0.2) is 22.7 Å². The molecule has 3 rings (SSSR count).